The Morgan fingerprint density at radius 3 is 2.57 bits per heavy atom. The average molecular weight is 394 g/mol. The molecule has 0 radical (unpaired) electrons. The molecule has 2 N–H and O–H groups in total. The summed E-state index contributed by atoms with van der Waals surface area (Å²) in [6, 6.07) is 0. The van der Waals surface area contributed by atoms with Crippen molar-refractivity contribution in [3.8, 4) is 0 Å². The van der Waals surface area contributed by atoms with Crippen LogP contribution in [0.3, 0.4) is 0 Å². The molecule has 0 bridgehead atoms. The summed E-state index contributed by atoms with van der Waals surface area (Å²) in [5.41, 5.74) is -0.433. The van der Waals surface area contributed by atoms with Crippen LogP contribution in [0, 0.1) is 11.8 Å². The van der Waals surface area contributed by atoms with Gasteiger partial charge in [0.15, 0.2) is 12.2 Å². The van der Waals surface area contributed by atoms with E-state index in [1.54, 1.807) is 13.8 Å². The SMILES string of the molecule is C=C1C(=O)O[C@@H]2C3=C(C)[C@H](O)C[C@H]3[C@](C)(O)[C@H](OC(C)=O)[C@H](OC(=O)CC)[C@@H]12. The molecule has 1 aliphatic heterocycles. The lowest BCUT2D eigenvalue weighted by Gasteiger charge is -2.39. The minimum Gasteiger partial charge on any atom is -0.457 e. The molecule has 0 aromatic rings. The van der Waals surface area contributed by atoms with Crippen LogP contribution in [0.1, 0.15) is 40.5 Å². The number of carbonyl (C=O) groups excluding carboxylic acids is 3. The Bertz CT molecular complexity index is 764. The molecule has 154 valence electrons. The second-order valence-corrected chi connectivity index (χ2v) is 7.88. The summed E-state index contributed by atoms with van der Waals surface area (Å²) in [7, 11) is 0. The van der Waals surface area contributed by atoms with E-state index in [9.17, 15) is 24.6 Å². The highest BCUT2D eigenvalue weighted by molar-refractivity contribution is 5.91. The molecule has 2 aliphatic carbocycles. The lowest BCUT2D eigenvalue weighted by molar-refractivity contribution is -0.197. The van der Waals surface area contributed by atoms with Crippen LogP contribution < -0.4 is 0 Å². The number of rotatable bonds is 3. The number of hydrogen-bond acceptors (Lipinski definition) is 8. The van der Waals surface area contributed by atoms with Gasteiger partial charge in [0.25, 0.3) is 0 Å². The van der Waals surface area contributed by atoms with Gasteiger partial charge in [-0.2, -0.15) is 0 Å². The Morgan fingerprint density at radius 2 is 2.00 bits per heavy atom. The topological polar surface area (TPSA) is 119 Å². The minimum atomic E-state index is -1.67. The standard InChI is InChI=1S/C20H26O8/c1-6-13(23)27-17-15-9(3)19(24)28-16(15)14-8(2)12(22)7-11(14)20(5,25)18(17)26-10(4)21/h11-12,15-18,22,25H,3,6-7H2,1-2,4-5H3/t11-,12-,15+,16-,17-,18-,20+/m1/s1. The monoisotopic (exact) mass is 394 g/mol. The molecule has 0 amide bonds. The normalized spacial score (nSPS) is 39.8. The molecular formula is C20H26O8. The summed E-state index contributed by atoms with van der Waals surface area (Å²) in [5.74, 6) is -3.36. The molecular weight excluding hydrogens is 368 g/mol. The number of aliphatic hydroxyl groups is 2. The Kier molecular flexibility index (Phi) is 5.14. The minimum absolute atomic E-state index is 0.0635. The Morgan fingerprint density at radius 1 is 1.36 bits per heavy atom. The summed E-state index contributed by atoms with van der Waals surface area (Å²) in [4.78, 5) is 36.2. The van der Waals surface area contributed by atoms with E-state index in [-0.39, 0.29) is 18.4 Å². The third kappa shape index (κ3) is 3.04. The number of fused-ring (bicyclic) bond motifs is 3. The highest BCUT2D eigenvalue weighted by Crippen LogP contribution is 2.53. The van der Waals surface area contributed by atoms with E-state index in [4.69, 9.17) is 14.2 Å². The van der Waals surface area contributed by atoms with E-state index in [0.29, 0.717) is 11.1 Å². The van der Waals surface area contributed by atoms with Crippen molar-refractivity contribution in [1.82, 2.24) is 0 Å². The van der Waals surface area contributed by atoms with E-state index in [1.165, 1.54) is 13.8 Å². The van der Waals surface area contributed by atoms with Crippen molar-refractivity contribution in [3.05, 3.63) is 23.3 Å². The van der Waals surface area contributed by atoms with E-state index in [2.05, 4.69) is 6.58 Å². The maximum absolute atomic E-state index is 12.3. The lowest BCUT2D eigenvalue weighted by Crippen LogP contribution is -2.55. The van der Waals surface area contributed by atoms with Crippen molar-refractivity contribution in [2.45, 2.75) is 70.6 Å². The number of esters is 3. The fraction of sp³-hybridized carbons (Fsp3) is 0.650. The predicted octanol–water partition coefficient (Wildman–Crippen LogP) is 0.800. The average Bonchev–Trinajstić information content (AvgIpc) is 3.05. The third-order valence-electron chi connectivity index (χ3n) is 6.10. The number of hydrogen-bond donors (Lipinski definition) is 2. The van der Waals surface area contributed by atoms with Crippen LogP contribution >= 0.6 is 0 Å². The maximum Gasteiger partial charge on any atom is 0.334 e. The van der Waals surface area contributed by atoms with Gasteiger partial charge in [-0.05, 0) is 31.4 Å². The van der Waals surface area contributed by atoms with Gasteiger partial charge in [0, 0.05) is 24.8 Å². The number of aliphatic hydroxyl groups excluding tert-OH is 1. The summed E-state index contributed by atoms with van der Waals surface area (Å²) >= 11 is 0. The molecule has 28 heavy (non-hydrogen) atoms. The van der Waals surface area contributed by atoms with Crippen molar-refractivity contribution in [3.63, 3.8) is 0 Å². The zero-order chi connectivity index (χ0) is 21.0. The van der Waals surface area contributed by atoms with Crippen molar-refractivity contribution in [1.29, 1.82) is 0 Å². The molecule has 2 fully saturated rings. The van der Waals surface area contributed by atoms with E-state index in [1.807, 2.05) is 0 Å². The fourth-order valence-corrected chi connectivity index (χ4v) is 4.64. The lowest BCUT2D eigenvalue weighted by atomic mass is 9.79. The first-order valence-electron chi connectivity index (χ1n) is 9.38. The van der Waals surface area contributed by atoms with E-state index in [0.717, 1.165) is 0 Å². The van der Waals surface area contributed by atoms with Gasteiger partial charge in [0.2, 0.25) is 0 Å². The van der Waals surface area contributed by atoms with Crippen LogP contribution in [0.4, 0.5) is 0 Å². The second kappa shape index (κ2) is 7.00. The predicted molar refractivity (Wildman–Crippen MR) is 95.7 cm³/mol. The molecule has 1 saturated heterocycles. The van der Waals surface area contributed by atoms with Crippen molar-refractivity contribution in [2.75, 3.05) is 0 Å². The first kappa shape index (κ1) is 20.5. The molecule has 7 atom stereocenters. The van der Waals surface area contributed by atoms with Crippen molar-refractivity contribution < 1.29 is 38.8 Å². The summed E-state index contributed by atoms with van der Waals surface area (Å²) < 4.78 is 16.5. The second-order valence-electron chi connectivity index (χ2n) is 7.88. The number of carbonyl (C=O) groups is 3. The smallest absolute Gasteiger partial charge is 0.334 e. The van der Waals surface area contributed by atoms with Gasteiger partial charge in [-0.3, -0.25) is 9.59 Å². The Hall–Kier alpha value is -2.19. The van der Waals surface area contributed by atoms with Crippen LogP contribution in [-0.4, -0.2) is 58.1 Å². The van der Waals surface area contributed by atoms with Crippen LogP contribution in [0.15, 0.2) is 23.3 Å². The first-order chi connectivity index (χ1) is 13.0. The molecule has 8 nitrogen and oxygen atoms in total. The highest BCUT2D eigenvalue weighted by Gasteiger charge is 2.63. The Labute approximate surface area is 163 Å². The zero-order valence-corrected chi connectivity index (χ0v) is 16.4. The maximum atomic E-state index is 12.3. The quantitative estimate of drug-likeness (QED) is 0.312. The van der Waals surface area contributed by atoms with Gasteiger partial charge in [0.1, 0.15) is 11.7 Å². The molecule has 3 aliphatic rings. The molecule has 0 spiro atoms. The molecule has 8 heteroatoms. The highest BCUT2D eigenvalue weighted by atomic mass is 16.6. The summed E-state index contributed by atoms with van der Waals surface area (Å²) in [6.07, 6.45) is -3.86. The number of ether oxygens (including phenoxy) is 3. The van der Waals surface area contributed by atoms with Gasteiger partial charge in [-0.25, -0.2) is 4.79 Å². The first-order valence-corrected chi connectivity index (χ1v) is 9.38. The van der Waals surface area contributed by atoms with Crippen LogP contribution in [-0.2, 0) is 28.6 Å². The summed E-state index contributed by atoms with van der Waals surface area (Å²) in [6.45, 7) is 9.78. The Balaban J connectivity index is 2.21. The molecule has 1 heterocycles. The zero-order valence-electron chi connectivity index (χ0n) is 16.4. The summed E-state index contributed by atoms with van der Waals surface area (Å²) in [5, 5.41) is 21.8. The van der Waals surface area contributed by atoms with E-state index < -0.39 is 59.8 Å². The molecule has 0 unspecified atom stereocenters. The van der Waals surface area contributed by atoms with Gasteiger partial charge < -0.3 is 24.4 Å². The fourth-order valence-electron chi connectivity index (χ4n) is 4.64. The van der Waals surface area contributed by atoms with E-state index >= 15 is 0 Å². The van der Waals surface area contributed by atoms with Gasteiger partial charge >= 0.3 is 17.9 Å². The van der Waals surface area contributed by atoms with Crippen molar-refractivity contribution >= 4 is 17.9 Å². The van der Waals surface area contributed by atoms with Crippen LogP contribution in [0.5, 0.6) is 0 Å². The molecule has 0 aromatic carbocycles. The molecule has 0 aromatic heterocycles. The van der Waals surface area contributed by atoms with Crippen LogP contribution in [0.25, 0.3) is 0 Å². The molecule has 1 saturated carbocycles. The largest absolute Gasteiger partial charge is 0.457 e. The molecule has 3 rings (SSSR count). The van der Waals surface area contributed by atoms with Crippen molar-refractivity contribution in [2.24, 2.45) is 11.8 Å². The van der Waals surface area contributed by atoms with Gasteiger partial charge in [-0.15, -0.1) is 0 Å². The van der Waals surface area contributed by atoms with Gasteiger partial charge in [-0.1, -0.05) is 13.5 Å². The third-order valence-corrected chi connectivity index (χ3v) is 6.10. The van der Waals surface area contributed by atoms with Gasteiger partial charge in [0.05, 0.1) is 12.0 Å². The van der Waals surface area contributed by atoms with Crippen LogP contribution in [0.2, 0.25) is 0 Å².